The van der Waals surface area contributed by atoms with E-state index < -0.39 is 6.04 Å². The number of nitrogens with zero attached hydrogens (tertiary/aromatic N) is 1. The fraction of sp³-hybridized carbons (Fsp3) is 0.308. The molecule has 2 heterocycles. The van der Waals surface area contributed by atoms with Gasteiger partial charge in [0.2, 0.25) is 5.76 Å². The van der Waals surface area contributed by atoms with Gasteiger partial charge >= 0.3 is 0 Å². The van der Waals surface area contributed by atoms with E-state index in [-0.39, 0.29) is 17.1 Å². The molecule has 3 aromatic rings. The Bertz CT molecular complexity index is 1230. The molecule has 0 bridgehead atoms. The molecule has 1 aliphatic heterocycles. The number of hydrogen-bond donors (Lipinski definition) is 0. The number of benzene rings is 2. The summed E-state index contributed by atoms with van der Waals surface area (Å²) in [6.07, 6.45) is 2.28. The lowest BCUT2D eigenvalue weighted by atomic mass is 9.98. The van der Waals surface area contributed by atoms with Crippen LogP contribution in [0, 0.1) is 0 Å². The zero-order valence-corrected chi connectivity index (χ0v) is 18.8. The molecule has 0 saturated carbocycles. The predicted octanol–water partition coefficient (Wildman–Crippen LogP) is 4.34. The van der Waals surface area contributed by atoms with Gasteiger partial charge in [-0.3, -0.25) is 9.59 Å². The van der Waals surface area contributed by atoms with Gasteiger partial charge in [-0.15, -0.1) is 0 Å². The molecular formula is C26H27NO6. The summed E-state index contributed by atoms with van der Waals surface area (Å²) in [5.41, 5.74) is 1.28. The molecule has 172 valence electrons. The normalized spacial score (nSPS) is 15.0. The molecule has 1 amide bonds. The van der Waals surface area contributed by atoms with Crippen molar-refractivity contribution >= 4 is 16.9 Å². The topological polar surface area (TPSA) is 78.2 Å². The van der Waals surface area contributed by atoms with Crippen LogP contribution in [0.2, 0.25) is 0 Å². The molecule has 7 nitrogen and oxygen atoms in total. The lowest BCUT2D eigenvalue weighted by Crippen LogP contribution is -2.31. The Hall–Kier alpha value is -3.58. The zero-order chi connectivity index (χ0) is 23.4. The van der Waals surface area contributed by atoms with Crippen LogP contribution in [0.4, 0.5) is 0 Å². The third kappa shape index (κ3) is 4.24. The summed E-state index contributed by atoms with van der Waals surface area (Å²) in [4.78, 5) is 28.6. The van der Waals surface area contributed by atoms with Gasteiger partial charge in [-0.05, 0) is 43.2 Å². The highest BCUT2D eigenvalue weighted by molar-refractivity contribution is 5.99. The van der Waals surface area contributed by atoms with Crippen molar-refractivity contribution in [3.8, 4) is 11.5 Å². The van der Waals surface area contributed by atoms with Crippen molar-refractivity contribution in [2.75, 3.05) is 33.5 Å². The lowest BCUT2D eigenvalue weighted by molar-refractivity contribution is 0.0695. The minimum Gasteiger partial charge on any atom is -0.493 e. The van der Waals surface area contributed by atoms with Crippen LogP contribution in [0.1, 0.15) is 41.1 Å². The Kier molecular flexibility index (Phi) is 6.79. The van der Waals surface area contributed by atoms with E-state index in [2.05, 4.69) is 6.58 Å². The van der Waals surface area contributed by atoms with Gasteiger partial charge in [0.1, 0.15) is 12.2 Å². The first-order valence-electron chi connectivity index (χ1n) is 11.0. The molecule has 0 aliphatic carbocycles. The van der Waals surface area contributed by atoms with E-state index in [1.54, 1.807) is 54.5 Å². The quantitative estimate of drug-likeness (QED) is 0.339. The average molecular weight is 450 g/mol. The molecule has 7 heteroatoms. The summed E-state index contributed by atoms with van der Waals surface area (Å²) in [5, 5.41) is 0.447. The molecule has 0 spiro atoms. The Balaban J connectivity index is 1.83. The maximum Gasteiger partial charge on any atom is 0.290 e. The maximum atomic E-state index is 13.5. The van der Waals surface area contributed by atoms with Crippen LogP contribution in [0.3, 0.4) is 0 Å². The van der Waals surface area contributed by atoms with E-state index in [0.717, 1.165) is 5.56 Å². The third-order valence-electron chi connectivity index (χ3n) is 5.63. The second kappa shape index (κ2) is 9.92. The van der Waals surface area contributed by atoms with E-state index in [1.165, 1.54) is 0 Å². The summed E-state index contributed by atoms with van der Waals surface area (Å²) in [7, 11) is 1.55. The van der Waals surface area contributed by atoms with Crippen LogP contribution in [0.15, 0.2) is 64.3 Å². The molecule has 1 atom stereocenters. The number of carbonyl (C=O) groups is 1. The summed E-state index contributed by atoms with van der Waals surface area (Å²) in [6.45, 7) is 7.46. The van der Waals surface area contributed by atoms with Crippen molar-refractivity contribution in [2.45, 2.75) is 19.4 Å². The summed E-state index contributed by atoms with van der Waals surface area (Å²) >= 11 is 0. The van der Waals surface area contributed by atoms with Gasteiger partial charge in [-0.1, -0.05) is 30.9 Å². The molecule has 0 fully saturated rings. The monoisotopic (exact) mass is 449 g/mol. The Morgan fingerprint density at radius 2 is 1.97 bits per heavy atom. The molecule has 1 unspecified atom stereocenters. The molecule has 1 aromatic heterocycles. The van der Waals surface area contributed by atoms with Gasteiger partial charge in [0.25, 0.3) is 5.91 Å². The Morgan fingerprint density at radius 3 is 2.73 bits per heavy atom. The van der Waals surface area contributed by atoms with Crippen LogP contribution in [0.5, 0.6) is 11.5 Å². The highest BCUT2D eigenvalue weighted by atomic mass is 16.5. The number of hydrogen-bond acceptors (Lipinski definition) is 6. The third-order valence-corrected chi connectivity index (χ3v) is 5.63. The van der Waals surface area contributed by atoms with Crippen LogP contribution >= 0.6 is 0 Å². The van der Waals surface area contributed by atoms with Crippen molar-refractivity contribution in [1.82, 2.24) is 4.90 Å². The van der Waals surface area contributed by atoms with Crippen LogP contribution in [0.25, 0.3) is 11.0 Å². The Morgan fingerprint density at radius 1 is 1.15 bits per heavy atom. The van der Waals surface area contributed by atoms with E-state index >= 15 is 0 Å². The van der Waals surface area contributed by atoms with Crippen molar-refractivity contribution in [1.29, 1.82) is 0 Å². The average Bonchev–Trinajstić information content (AvgIpc) is 3.12. The molecular weight excluding hydrogens is 422 g/mol. The minimum atomic E-state index is -0.600. The number of ether oxygens (including phenoxy) is 3. The van der Waals surface area contributed by atoms with Crippen molar-refractivity contribution in [3.05, 3.63) is 82.2 Å². The number of fused-ring (bicyclic) bond motifs is 2. The summed E-state index contributed by atoms with van der Waals surface area (Å²) < 4.78 is 22.6. The minimum absolute atomic E-state index is 0.0889. The van der Waals surface area contributed by atoms with Crippen molar-refractivity contribution in [3.63, 3.8) is 0 Å². The molecule has 0 saturated heterocycles. The smallest absolute Gasteiger partial charge is 0.290 e. The van der Waals surface area contributed by atoms with E-state index in [9.17, 15) is 9.59 Å². The molecule has 1 aliphatic rings. The SMILES string of the molecule is C=CCOc1ccc(C2c3c(oc4ccccc4c3=O)C(=O)N2CCCOCC)cc1OC. The van der Waals surface area contributed by atoms with Crippen LogP contribution < -0.4 is 14.9 Å². The summed E-state index contributed by atoms with van der Waals surface area (Å²) in [6, 6.07) is 11.8. The first kappa shape index (κ1) is 22.6. The van der Waals surface area contributed by atoms with Crippen molar-refractivity contribution < 1.29 is 23.4 Å². The lowest BCUT2D eigenvalue weighted by Gasteiger charge is -2.25. The van der Waals surface area contributed by atoms with Gasteiger partial charge in [0.15, 0.2) is 16.9 Å². The Labute approximate surface area is 192 Å². The first-order valence-corrected chi connectivity index (χ1v) is 11.0. The van der Waals surface area contributed by atoms with Gasteiger partial charge in [0, 0.05) is 19.8 Å². The number of rotatable bonds is 10. The highest BCUT2D eigenvalue weighted by Crippen LogP contribution is 2.41. The highest BCUT2D eigenvalue weighted by Gasteiger charge is 2.42. The molecule has 4 rings (SSSR count). The number of carbonyl (C=O) groups excluding carboxylic acids is 1. The predicted molar refractivity (Wildman–Crippen MR) is 125 cm³/mol. The van der Waals surface area contributed by atoms with E-state index in [0.29, 0.717) is 60.8 Å². The van der Waals surface area contributed by atoms with Gasteiger partial charge in [-0.25, -0.2) is 0 Å². The fourth-order valence-corrected chi connectivity index (χ4v) is 4.15. The molecule has 0 N–H and O–H groups in total. The van der Waals surface area contributed by atoms with Crippen LogP contribution in [-0.4, -0.2) is 44.3 Å². The fourth-order valence-electron chi connectivity index (χ4n) is 4.15. The second-order valence-corrected chi connectivity index (χ2v) is 7.63. The van der Waals surface area contributed by atoms with E-state index in [1.807, 2.05) is 13.0 Å². The second-order valence-electron chi connectivity index (χ2n) is 7.63. The van der Waals surface area contributed by atoms with E-state index in [4.69, 9.17) is 18.6 Å². The summed E-state index contributed by atoms with van der Waals surface area (Å²) in [5.74, 6) is 0.847. The van der Waals surface area contributed by atoms with Crippen molar-refractivity contribution in [2.24, 2.45) is 0 Å². The molecule has 2 aromatic carbocycles. The zero-order valence-electron chi connectivity index (χ0n) is 18.8. The van der Waals surface area contributed by atoms with Crippen LogP contribution in [-0.2, 0) is 4.74 Å². The standard InChI is InChI=1S/C26H27NO6/c1-4-14-32-20-12-11-17(16-21(20)30-3)23-22-24(28)18-9-6-7-10-19(18)33-25(22)26(29)27(23)13-8-15-31-5-2/h4,6-7,9-12,16,23H,1,5,8,13-15H2,2-3H3. The van der Waals surface area contributed by atoms with Gasteiger partial charge < -0.3 is 23.5 Å². The number of methoxy groups -OCH3 is 1. The first-order chi connectivity index (χ1) is 16.1. The van der Waals surface area contributed by atoms with Gasteiger partial charge in [-0.2, -0.15) is 0 Å². The number of para-hydroxylation sites is 1. The maximum absolute atomic E-state index is 13.5. The largest absolute Gasteiger partial charge is 0.493 e. The van der Waals surface area contributed by atoms with Gasteiger partial charge in [0.05, 0.1) is 24.1 Å². The number of amides is 1. The molecule has 0 radical (unpaired) electrons. The molecule has 33 heavy (non-hydrogen) atoms.